The number of hydrogen-bond donors (Lipinski definition) is 3. The molecule has 0 saturated carbocycles. The van der Waals surface area contributed by atoms with Crippen LogP contribution in [0.15, 0.2) is 48.5 Å². The fourth-order valence-electron chi connectivity index (χ4n) is 1.72. The summed E-state index contributed by atoms with van der Waals surface area (Å²) >= 11 is 5.90. The summed E-state index contributed by atoms with van der Waals surface area (Å²) in [7, 11) is 0. The summed E-state index contributed by atoms with van der Waals surface area (Å²) in [5, 5.41) is 22.5. The monoisotopic (exact) mass is 263 g/mol. The third-order valence-corrected chi connectivity index (χ3v) is 2.88. The van der Waals surface area contributed by atoms with Gasteiger partial charge in [0.05, 0.1) is 12.6 Å². The molecule has 0 fully saturated rings. The quantitative estimate of drug-likeness (QED) is 0.794. The van der Waals surface area contributed by atoms with Crippen LogP contribution in [0.5, 0.6) is 5.75 Å². The van der Waals surface area contributed by atoms with Gasteiger partial charge in [-0.2, -0.15) is 0 Å². The molecule has 18 heavy (non-hydrogen) atoms. The zero-order chi connectivity index (χ0) is 13.0. The van der Waals surface area contributed by atoms with Crippen molar-refractivity contribution in [2.45, 2.75) is 6.04 Å². The van der Waals surface area contributed by atoms with Crippen molar-refractivity contribution in [3.05, 3.63) is 59.1 Å². The molecule has 1 atom stereocenters. The van der Waals surface area contributed by atoms with Crippen molar-refractivity contribution >= 4 is 17.3 Å². The number of phenolic OH excluding ortho intramolecular Hbond substituents is 1. The maximum Gasteiger partial charge on any atom is 0.115 e. The number of halogens is 1. The molecule has 0 aliphatic carbocycles. The molecule has 0 bridgehead atoms. The summed E-state index contributed by atoms with van der Waals surface area (Å²) in [5.74, 6) is 0.207. The number of phenols is 1. The summed E-state index contributed by atoms with van der Waals surface area (Å²) in [6, 6.07) is 13.8. The summed E-state index contributed by atoms with van der Waals surface area (Å²) in [5.41, 5.74) is 1.74. The SMILES string of the molecule is OCC(Nc1cccc(Cl)c1)c1ccc(O)cc1. The number of aliphatic hydroxyl groups excluding tert-OH is 1. The minimum absolute atomic E-state index is 0.0444. The van der Waals surface area contributed by atoms with Crippen LogP contribution in [0.3, 0.4) is 0 Å². The predicted octanol–water partition coefficient (Wildman–Crippen LogP) is 3.19. The third-order valence-electron chi connectivity index (χ3n) is 2.64. The van der Waals surface area contributed by atoms with Crippen LogP contribution < -0.4 is 5.32 Å². The van der Waals surface area contributed by atoms with E-state index >= 15 is 0 Å². The molecule has 0 aliphatic heterocycles. The van der Waals surface area contributed by atoms with Crippen molar-refractivity contribution < 1.29 is 10.2 Å². The summed E-state index contributed by atoms with van der Waals surface area (Å²) < 4.78 is 0. The minimum Gasteiger partial charge on any atom is -0.508 e. The summed E-state index contributed by atoms with van der Waals surface area (Å²) in [6.45, 7) is -0.0444. The molecule has 0 radical (unpaired) electrons. The van der Waals surface area contributed by atoms with E-state index in [0.717, 1.165) is 11.3 Å². The van der Waals surface area contributed by atoms with Gasteiger partial charge >= 0.3 is 0 Å². The van der Waals surface area contributed by atoms with Crippen molar-refractivity contribution in [3.63, 3.8) is 0 Å². The molecule has 0 saturated heterocycles. The van der Waals surface area contributed by atoms with Crippen LogP contribution in [0, 0.1) is 0 Å². The molecule has 0 aromatic heterocycles. The Bertz CT molecular complexity index is 513. The molecule has 0 aliphatic rings. The molecule has 0 heterocycles. The molecular weight excluding hydrogens is 250 g/mol. The Morgan fingerprint density at radius 2 is 1.83 bits per heavy atom. The van der Waals surface area contributed by atoms with Crippen molar-refractivity contribution in [2.75, 3.05) is 11.9 Å². The lowest BCUT2D eigenvalue weighted by molar-refractivity contribution is 0.276. The Hall–Kier alpha value is -1.71. The second-order valence-corrected chi connectivity index (χ2v) is 4.42. The van der Waals surface area contributed by atoms with E-state index in [1.807, 2.05) is 12.1 Å². The minimum atomic E-state index is -0.232. The molecule has 0 spiro atoms. The van der Waals surface area contributed by atoms with Gasteiger partial charge in [0.15, 0.2) is 0 Å². The molecule has 3 nitrogen and oxygen atoms in total. The van der Waals surface area contributed by atoms with Gasteiger partial charge in [-0.1, -0.05) is 29.8 Å². The number of aliphatic hydroxyl groups is 1. The lowest BCUT2D eigenvalue weighted by Crippen LogP contribution is -2.14. The van der Waals surface area contributed by atoms with Crippen LogP contribution in [0.25, 0.3) is 0 Å². The zero-order valence-electron chi connectivity index (χ0n) is 9.68. The first-order valence-electron chi connectivity index (χ1n) is 5.61. The first-order valence-corrected chi connectivity index (χ1v) is 5.99. The van der Waals surface area contributed by atoms with Gasteiger partial charge in [-0.25, -0.2) is 0 Å². The average Bonchev–Trinajstić information content (AvgIpc) is 2.37. The second-order valence-electron chi connectivity index (χ2n) is 3.98. The van der Waals surface area contributed by atoms with Gasteiger partial charge in [-0.05, 0) is 35.9 Å². The summed E-state index contributed by atoms with van der Waals surface area (Å²) in [4.78, 5) is 0. The molecule has 2 aromatic carbocycles. The van der Waals surface area contributed by atoms with Crippen LogP contribution in [0.1, 0.15) is 11.6 Å². The van der Waals surface area contributed by atoms with E-state index in [0.29, 0.717) is 5.02 Å². The number of anilines is 1. The number of aromatic hydroxyl groups is 1. The first kappa shape index (κ1) is 12.7. The average molecular weight is 264 g/mol. The Kier molecular flexibility index (Phi) is 4.07. The fraction of sp³-hybridized carbons (Fsp3) is 0.143. The smallest absolute Gasteiger partial charge is 0.115 e. The summed E-state index contributed by atoms with van der Waals surface area (Å²) in [6.07, 6.45) is 0. The lowest BCUT2D eigenvalue weighted by atomic mass is 10.1. The highest BCUT2D eigenvalue weighted by Gasteiger charge is 2.10. The van der Waals surface area contributed by atoms with Crippen molar-refractivity contribution in [2.24, 2.45) is 0 Å². The number of nitrogens with one attached hydrogen (secondary N) is 1. The Balaban J connectivity index is 2.17. The van der Waals surface area contributed by atoms with E-state index in [1.54, 1.807) is 36.4 Å². The molecule has 94 valence electrons. The van der Waals surface area contributed by atoms with Gasteiger partial charge in [-0.15, -0.1) is 0 Å². The predicted molar refractivity (Wildman–Crippen MR) is 73.0 cm³/mol. The Morgan fingerprint density at radius 1 is 1.11 bits per heavy atom. The van der Waals surface area contributed by atoms with Crippen molar-refractivity contribution in [1.82, 2.24) is 0 Å². The normalized spacial score (nSPS) is 12.1. The second kappa shape index (κ2) is 5.76. The molecule has 1 unspecified atom stereocenters. The van der Waals surface area contributed by atoms with Gasteiger partial charge in [-0.3, -0.25) is 0 Å². The third kappa shape index (κ3) is 3.15. The highest BCUT2D eigenvalue weighted by atomic mass is 35.5. The van der Waals surface area contributed by atoms with Gasteiger partial charge in [0, 0.05) is 10.7 Å². The van der Waals surface area contributed by atoms with Gasteiger partial charge in [0.2, 0.25) is 0 Å². The molecule has 3 N–H and O–H groups in total. The largest absolute Gasteiger partial charge is 0.508 e. The Morgan fingerprint density at radius 3 is 2.44 bits per heavy atom. The van der Waals surface area contributed by atoms with Crippen molar-refractivity contribution in [3.8, 4) is 5.75 Å². The van der Waals surface area contributed by atoms with Crippen LogP contribution in [-0.4, -0.2) is 16.8 Å². The van der Waals surface area contributed by atoms with Crippen molar-refractivity contribution in [1.29, 1.82) is 0 Å². The van der Waals surface area contributed by atoms with Crippen LogP contribution in [-0.2, 0) is 0 Å². The lowest BCUT2D eigenvalue weighted by Gasteiger charge is -2.18. The van der Waals surface area contributed by atoms with E-state index in [9.17, 15) is 10.2 Å². The van der Waals surface area contributed by atoms with Gasteiger partial charge < -0.3 is 15.5 Å². The standard InChI is InChI=1S/C14H14ClNO2/c15-11-2-1-3-12(8-11)16-14(9-17)10-4-6-13(18)7-5-10/h1-8,14,16-18H,9H2. The maximum absolute atomic E-state index is 9.42. The highest BCUT2D eigenvalue weighted by molar-refractivity contribution is 6.30. The van der Waals surface area contributed by atoms with Crippen LogP contribution in [0.2, 0.25) is 5.02 Å². The van der Waals surface area contributed by atoms with E-state index in [2.05, 4.69) is 5.32 Å². The first-order chi connectivity index (χ1) is 8.69. The van der Waals surface area contributed by atoms with Crippen LogP contribution >= 0.6 is 11.6 Å². The fourth-order valence-corrected chi connectivity index (χ4v) is 1.91. The van der Waals surface area contributed by atoms with Gasteiger partial charge in [0.1, 0.15) is 5.75 Å². The van der Waals surface area contributed by atoms with E-state index in [4.69, 9.17) is 11.6 Å². The Labute approximate surface area is 111 Å². The van der Waals surface area contributed by atoms with E-state index in [-0.39, 0.29) is 18.4 Å². The number of hydrogen-bond acceptors (Lipinski definition) is 3. The van der Waals surface area contributed by atoms with E-state index in [1.165, 1.54) is 0 Å². The van der Waals surface area contributed by atoms with Gasteiger partial charge in [0.25, 0.3) is 0 Å². The zero-order valence-corrected chi connectivity index (χ0v) is 10.4. The topological polar surface area (TPSA) is 52.5 Å². The molecule has 4 heteroatoms. The maximum atomic E-state index is 9.42. The molecule has 0 amide bonds. The highest BCUT2D eigenvalue weighted by Crippen LogP contribution is 2.23. The molecule has 2 rings (SSSR count). The molecule has 2 aromatic rings. The van der Waals surface area contributed by atoms with E-state index < -0.39 is 0 Å². The molecular formula is C14H14ClNO2. The number of rotatable bonds is 4. The van der Waals surface area contributed by atoms with Crippen LogP contribution in [0.4, 0.5) is 5.69 Å². The number of benzene rings is 2.